The van der Waals surface area contributed by atoms with Crippen LogP contribution in [0.2, 0.25) is 5.28 Å². The largest absolute Gasteiger partial charge is 0.366 e. The number of fused-ring (bicyclic) bond motifs is 1. The van der Waals surface area contributed by atoms with E-state index in [-0.39, 0.29) is 22.8 Å². The summed E-state index contributed by atoms with van der Waals surface area (Å²) in [6.07, 6.45) is 2.15. The molecule has 1 atom stereocenters. The number of hydrogen-bond donors (Lipinski definition) is 2. The van der Waals surface area contributed by atoms with Crippen molar-refractivity contribution in [3.8, 4) is 0 Å². The lowest BCUT2D eigenvalue weighted by Crippen LogP contribution is -2.21. The average molecular weight is 288 g/mol. The fourth-order valence-electron chi connectivity index (χ4n) is 2.02. The zero-order chi connectivity index (χ0) is 12.8. The van der Waals surface area contributed by atoms with Gasteiger partial charge in [0.25, 0.3) is 0 Å². The Balaban J connectivity index is 1.93. The SMILES string of the molecule is O=S1(=O)CCC(Nc2nc(Cl)nc3[nH]ncc23)C1. The van der Waals surface area contributed by atoms with E-state index in [0.717, 1.165) is 0 Å². The van der Waals surface area contributed by atoms with Gasteiger partial charge in [0.1, 0.15) is 5.82 Å². The van der Waals surface area contributed by atoms with Gasteiger partial charge in [0, 0.05) is 6.04 Å². The van der Waals surface area contributed by atoms with Crippen LogP contribution < -0.4 is 5.32 Å². The Labute approximate surface area is 108 Å². The Morgan fingerprint density at radius 1 is 1.44 bits per heavy atom. The lowest BCUT2D eigenvalue weighted by Gasteiger charge is -2.11. The number of nitrogens with one attached hydrogen (secondary N) is 2. The van der Waals surface area contributed by atoms with Gasteiger partial charge in [0.15, 0.2) is 15.5 Å². The number of aromatic nitrogens is 4. The summed E-state index contributed by atoms with van der Waals surface area (Å²) in [5.74, 6) is 0.840. The van der Waals surface area contributed by atoms with Gasteiger partial charge in [-0.25, -0.2) is 8.42 Å². The minimum Gasteiger partial charge on any atom is -0.366 e. The second-order valence-corrected chi connectivity index (χ2v) is 6.78. The monoisotopic (exact) mass is 287 g/mol. The summed E-state index contributed by atoms with van der Waals surface area (Å²) < 4.78 is 22.8. The van der Waals surface area contributed by atoms with Crippen LogP contribution in [0.5, 0.6) is 0 Å². The molecule has 7 nitrogen and oxygen atoms in total. The number of hydrogen-bond acceptors (Lipinski definition) is 6. The number of nitrogens with zero attached hydrogens (tertiary/aromatic N) is 3. The molecule has 1 fully saturated rings. The normalized spacial score (nSPS) is 22.4. The Kier molecular flexibility index (Phi) is 2.63. The quantitative estimate of drug-likeness (QED) is 0.785. The number of aromatic amines is 1. The summed E-state index contributed by atoms with van der Waals surface area (Å²) >= 11 is 5.79. The molecule has 0 bridgehead atoms. The van der Waals surface area contributed by atoms with E-state index in [9.17, 15) is 8.42 Å². The highest BCUT2D eigenvalue weighted by Gasteiger charge is 2.28. The number of halogens is 1. The van der Waals surface area contributed by atoms with Crippen LogP contribution in [0, 0.1) is 0 Å². The van der Waals surface area contributed by atoms with E-state index in [1.54, 1.807) is 6.20 Å². The molecule has 0 radical (unpaired) electrons. The van der Waals surface area contributed by atoms with Crippen molar-refractivity contribution in [2.24, 2.45) is 0 Å². The van der Waals surface area contributed by atoms with Crippen molar-refractivity contribution in [1.29, 1.82) is 0 Å². The lowest BCUT2D eigenvalue weighted by molar-refractivity contribution is 0.602. The van der Waals surface area contributed by atoms with Crippen molar-refractivity contribution < 1.29 is 8.42 Å². The molecule has 0 aliphatic carbocycles. The second kappa shape index (κ2) is 4.06. The molecule has 1 saturated heterocycles. The van der Waals surface area contributed by atoms with Crippen LogP contribution in [0.25, 0.3) is 11.0 Å². The Morgan fingerprint density at radius 2 is 2.28 bits per heavy atom. The van der Waals surface area contributed by atoms with Crippen molar-refractivity contribution in [2.75, 3.05) is 16.8 Å². The lowest BCUT2D eigenvalue weighted by atomic mass is 10.2. The minimum atomic E-state index is -2.93. The van der Waals surface area contributed by atoms with Gasteiger partial charge >= 0.3 is 0 Å². The van der Waals surface area contributed by atoms with E-state index in [1.807, 2.05) is 0 Å². The van der Waals surface area contributed by atoms with Gasteiger partial charge in [-0.05, 0) is 18.0 Å². The minimum absolute atomic E-state index is 0.0927. The van der Waals surface area contributed by atoms with E-state index in [4.69, 9.17) is 11.6 Å². The summed E-state index contributed by atoms with van der Waals surface area (Å²) in [4.78, 5) is 8.05. The molecule has 0 aromatic carbocycles. The van der Waals surface area contributed by atoms with Crippen molar-refractivity contribution in [3.63, 3.8) is 0 Å². The second-order valence-electron chi connectivity index (χ2n) is 4.22. The number of H-pyrrole nitrogens is 1. The highest BCUT2D eigenvalue weighted by atomic mass is 35.5. The van der Waals surface area contributed by atoms with E-state index >= 15 is 0 Å². The van der Waals surface area contributed by atoms with Crippen molar-refractivity contribution in [2.45, 2.75) is 12.5 Å². The molecule has 3 rings (SSSR count). The van der Waals surface area contributed by atoms with Gasteiger partial charge in [-0.1, -0.05) is 0 Å². The molecule has 0 amide bonds. The fourth-order valence-corrected chi connectivity index (χ4v) is 3.86. The number of sulfone groups is 1. The van der Waals surface area contributed by atoms with Gasteiger partial charge < -0.3 is 5.32 Å². The number of anilines is 1. The first kappa shape index (κ1) is 11.7. The van der Waals surface area contributed by atoms with Crippen molar-refractivity contribution in [3.05, 3.63) is 11.5 Å². The maximum Gasteiger partial charge on any atom is 0.226 e. The molecule has 9 heteroatoms. The zero-order valence-corrected chi connectivity index (χ0v) is 10.8. The first-order chi connectivity index (χ1) is 8.53. The maximum atomic E-state index is 11.4. The highest BCUT2D eigenvalue weighted by molar-refractivity contribution is 7.91. The Bertz CT molecular complexity index is 698. The molecule has 3 heterocycles. The van der Waals surface area contributed by atoms with E-state index in [0.29, 0.717) is 23.3 Å². The molecule has 1 unspecified atom stereocenters. The zero-order valence-electron chi connectivity index (χ0n) is 9.22. The van der Waals surface area contributed by atoms with Gasteiger partial charge in [-0.15, -0.1) is 0 Å². The van der Waals surface area contributed by atoms with Gasteiger partial charge in [0.05, 0.1) is 23.1 Å². The van der Waals surface area contributed by atoms with Gasteiger partial charge in [-0.3, -0.25) is 5.10 Å². The van der Waals surface area contributed by atoms with Gasteiger partial charge in [0.2, 0.25) is 5.28 Å². The summed E-state index contributed by atoms with van der Waals surface area (Å²) in [5.41, 5.74) is 0.526. The molecular weight excluding hydrogens is 278 g/mol. The smallest absolute Gasteiger partial charge is 0.226 e. The topological polar surface area (TPSA) is 101 Å². The molecule has 0 saturated carbocycles. The molecule has 96 valence electrons. The third-order valence-electron chi connectivity index (χ3n) is 2.86. The molecule has 1 aliphatic rings. The van der Waals surface area contributed by atoms with Crippen LogP contribution in [0.4, 0.5) is 5.82 Å². The molecule has 2 aromatic heterocycles. The van der Waals surface area contributed by atoms with Crippen LogP contribution >= 0.6 is 11.6 Å². The van der Waals surface area contributed by atoms with Crippen LogP contribution in [0.15, 0.2) is 6.20 Å². The summed E-state index contributed by atoms with van der Waals surface area (Å²) in [7, 11) is -2.93. The fraction of sp³-hybridized carbons (Fsp3) is 0.444. The van der Waals surface area contributed by atoms with Crippen molar-refractivity contribution >= 4 is 38.3 Å². The predicted octanol–water partition coefficient (Wildman–Crippen LogP) is 0.605. The molecule has 2 N–H and O–H groups in total. The molecule has 1 aliphatic heterocycles. The Hall–Kier alpha value is -1.41. The molecule has 0 spiro atoms. The van der Waals surface area contributed by atoms with Crippen LogP contribution in [0.3, 0.4) is 0 Å². The van der Waals surface area contributed by atoms with E-state index < -0.39 is 9.84 Å². The number of rotatable bonds is 2. The first-order valence-corrected chi connectivity index (χ1v) is 7.57. The third-order valence-corrected chi connectivity index (χ3v) is 4.79. The molecule has 18 heavy (non-hydrogen) atoms. The first-order valence-electron chi connectivity index (χ1n) is 5.37. The third kappa shape index (κ3) is 2.13. The molecule has 2 aromatic rings. The predicted molar refractivity (Wildman–Crippen MR) is 67.4 cm³/mol. The van der Waals surface area contributed by atoms with Crippen molar-refractivity contribution in [1.82, 2.24) is 20.2 Å². The van der Waals surface area contributed by atoms with Gasteiger partial charge in [-0.2, -0.15) is 15.1 Å². The van der Waals surface area contributed by atoms with Crippen LogP contribution in [-0.2, 0) is 9.84 Å². The highest BCUT2D eigenvalue weighted by Crippen LogP contribution is 2.23. The molecular formula is C9H10ClN5O2S. The van der Waals surface area contributed by atoms with Crippen LogP contribution in [0.1, 0.15) is 6.42 Å². The van der Waals surface area contributed by atoms with E-state index in [1.165, 1.54) is 0 Å². The maximum absolute atomic E-state index is 11.4. The Morgan fingerprint density at radius 3 is 3.00 bits per heavy atom. The van der Waals surface area contributed by atoms with E-state index in [2.05, 4.69) is 25.5 Å². The average Bonchev–Trinajstić information content (AvgIpc) is 2.84. The van der Waals surface area contributed by atoms with Crippen LogP contribution in [-0.4, -0.2) is 46.1 Å². The summed E-state index contributed by atoms with van der Waals surface area (Å²) in [5, 5.41) is 10.4. The summed E-state index contributed by atoms with van der Waals surface area (Å²) in [6, 6.07) is -0.140. The standard InChI is InChI=1S/C9H10ClN5O2S/c10-9-13-7(6-3-11-15-8(6)14-9)12-5-1-2-18(16,17)4-5/h3,5H,1-2,4H2,(H2,11,12,13,14,15). The summed E-state index contributed by atoms with van der Waals surface area (Å²) in [6.45, 7) is 0.